The number of carboxylic acids is 1. The number of aromatic nitrogens is 1. The largest absolute Gasteiger partial charge is 1.00 e. The molecule has 1 fully saturated rings. The van der Waals surface area contributed by atoms with Crippen LogP contribution in [0.3, 0.4) is 0 Å². The van der Waals surface area contributed by atoms with Crippen molar-refractivity contribution >= 4 is 5.97 Å². The molecule has 1 aromatic heterocycles. The van der Waals surface area contributed by atoms with Gasteiger partial charge in [-0.2, -0.15) is 5.26 Å². The molecule has 6 nitrogen and oxygen atoms in total. The van der Waals surface area contributed by atoms with Crippen LogP contribution in [0, 0.1) is 17.2 Å². The molecule has 7 heteroatoms. The van der Waals surface area contributed by atoms with Crippen LogP contribution in [0.2, 0.25) is 0 Å². The first-order valence-corrected chi connectivity index (χ1v) is 12.1. The second-order valence-corrected chi connectivity index (χ2v) is 8.97. The summed E-state index contributed by atoms with van der Waals surface area (Å²) in [7, 11) is 0. The van der Waals surface area contributed by atoms with Gasteiger partial charge in [0.1, 0.15) is 5.75 Å². The van der Waals surface area contributed by atoms with E-state index < -0.39 is 11.4 Å². The zero-order valence-corrected chi connectivity index (χ0v) is 23.2. The molecule has 2 heterocycles. The minimum absolute atomic E-state index is 0. The van der Waals surface area contributed by atoms with Crippen LogP contribution >= 0.6 is 0 Å². The van der Waals surface area contributed by atoms with E-state index in [-0.39, 0.29) is 41.2 Å². The molecule has 2 atom stereocenters. The number of piperidine rings is 1. The summed E-state index contributed by atoms with van der Waals surface area (Å²) in [5.41, 5.74) is 1.76. The van der Waals surface area contributed by atoms with Gasteiger partial charge in [0, 0.05) is 30.8 Å². The van der Waals surface area contributed by atoms with Crippen molar-refractivity contribution in [1.29, 1.82) is 5.26 Å². The van der Waals surface area contributed by atoms with Crippen LogP contribution in [0.15, 0.2) is 66.7 Å². The van der Waals surface area contributed by atoms with Crippen LogP contribution in [0.1, 0.15) is 48.3 Å². The van der Waals surface area contributed by atoms with Crippen molar-refractivity contribution in [2.75, 3.05) is 19.7 Å². The maximum Gasteiger partial charge on any atom is 1.00 e. The molecule has 1 saturated heterocycles. The second kappa shape index (κ2) is 12.5. The van der Waals surface area contributed by atoms with Crippen molar-refractivity contribution in [3.8, 4) is 23.1 Å². The number of rotatable bonds is 8. The van der Waals surface area contributed by atoms with Crippen molar-refractivity contribution in [2.24, 2.45) is 5.92 Å². The average molecular weight is 492 g/mol. The van der Waals surface area contributed by atoms with Crippen LogP contribution in [-0.4, -0.2) is 35.5 Å². The molecule has 4 rings (SSSR count). The normalized spacial score (nSPS) is 19.6. The zero-order chi connectivity index (χ0) is 24.8. The van der Waals surface area contributed by atoms with E-state index in [1.807, 2.05) is 49.4 Å². The standard InChI is InChI=1S/C29H31N3O3.Na/c1-3-22-19-32(18-21-10-6-5-7-11-21)17-16-29(22,20-30)24-14-15-25(31-27(24)28(33)34)23-12-8-9-13-26(23)35-4-2;/h5-15,22H,3-4,16-19H2,1-2H3,(H,33,34);/q;+1/p-1/t22-,29+;/m0./s1. The molecule has 3 aromatic rings. The topological polar surface area (TPSA) is 89.3 Å². The third kappa shape index (κ3) is 5.66. The quantitative estimate of drug-likeness (QED) is 0.440. The number of nitriles is 1. The first-order chi connectivity index (χ1) is 17.0. The number of pyridine rings is 1. The van der Waals surface area contributed by atoms with Crippen LogP contribution in [0.25, 0.3) is 11.3 Å². The molecular formula is C29H30N3NaO3. The van der Waals surface area contributed by atoms with Crippen molar-refractivity contribution in [2.45, 2.75) is 38.6 Å². The van der Waals surface area contributed by atoms with Crippen molar-refractivity contribution in [1.82, 2.24) is 9.88 Å². The number of hydrogen-bond donors (Lipinski definition) is 0. The molecule has 1 aliphatic heterocycles. The predicted molar refractivity (Wildman–Crippen MR) is 133 cm³/mol. The third-order valence-electron chi connectivity index (χ3n) is 6.97. The summed E-state index contributed by atoms with van der Waals surface area (Å²) in [6.45, 7) is 6.64. The molecule has 0 aliphatic carbocycles. The molecule has 0 N–H and O–H groups in total. The summed E-state index contributed by atoms with van der Waals surface area (Å²) >= 11 is 0. The van der Waals surface area contributed by atoms with E-state index in [0.717, 1.165) is 13.0 Å². The van der Waals surface area contributed by atoms with Gasteiger partial charge in [0.25, 0.3) is 0 Å². The fourth-order valence-corrected chi connectivity index (χ4v) is 5.21. The van der Waals surface area contributed by atoms with Crippen molar-refractivity contribution in [3.05, 3.63) is 83.6 Å². The van der Waals surface area contributed by atoms with Gasteiger partial charge in [0.05, 0.1) is 35.4 Å². The fourth-order valence-electron chi connectivity index (χ4n) is 5.21. The van der Waals surface area contributed by atoms with Crippen LogP contribution in [-0.2, 0) is 12.0 Å². The first kappa shape index (κ1) is 27.9. The molecule has 180 valence electrons. The van der Waals surface area contributed by atoms with Gasteiger partial charge in [-0.05, 0) is 43.0 Å². The van der Waals surface area contributed by atoms with Crippen LogP contribution < -0.4 is 39.4 Å². The Morgan fingerprint density at radius 1 is 1.14 bits per heavy atom. The SMILES string of the molecule is CCOc1ccccc1-c1ccc([C@@]2(C#N)CCN(Cc3ccccc3)C[C@@H]2CC)c(C(=O)[O-])n1.[Na+]. The number of ether oxygens (including phenoxy) is 1. The van der Waals surface area contributed by atoms with E-state index in [4.69, 9.17) is 4.74 Å². The van der Waals surface area contributed by atoms with Gasteiger partial charge in [-0.15, -0.1) is 0 Å². The summed E-state index contributed by atoms with van der Waals surface area (Å²) in [6.07, 6.45) is 1.28. The Hall–Kier alpha value is -2.69. The Bertz CT molecular complexity index is 1230. The van der Waals surface area contributed by atoms with Gasteiger partial charge in [-0.3, -0.25) is 4.90 Å². The van der Waals surface area contributed by atoms with Crippen LogP contribution in [0.5, 0.6) is 5.75 Å². The number of benzene rings is 2. The molecule has 36 heavy (non-hydrogen) atoms. The zero-order valence-electron chi connectivity index (χ0n) is 21.2. The van der Waals surface area contributed by atoms with Crippen molar-refractivity contribution in [3.63, 3.8) is 0 Å². The molecule has 0 spiro atoms. The van der Waals surface area contributed by atoms with E-state index in [0.29, 0.717) is 48.7 Å². The summed E-state index contributed by atoms with van der Waals surface area (Å²) in [5, 5.41) is 22.7. The number of carbonyl (C=O) groups excluding carboxylic acids is 1. The van der Waals surface area contributed by atoms with Gasteiger partial charge in [-0.25, -0.2) is 4.98 Å². The third-order valence-corrected chi connectivity index (χ3v) is 6.97. The summed E-state index contributed by atoms with van der Waals surface area (Å²) in [5.74, 6) is -0.770. The number of carboxylic acid groups (broad SMARTS) is 1. The van der Waals surface area contributed by atoms with Gasteiger partial charge in [0.2, 0.25) is 0 Å². The fraction of sp³-hybridized carbons (Fsp3) is 0.345. The Kier molecular flexibility index (Phi) is 9.69. The smallest absolute Gasteiger partial charge is 0.543 e. The predicted octanol–water partition coefficient (Wildman–Crippen LogP) is 1.21. The number of aromatic carboxylic acids is 1. The Morgan fingerprint density at radius 2 is 1.86 bits per heavy atom. The number of carbonyl (C=O) groups is 1. The number of likely N-dealkylation sites (tertiary alicyclic amines) is 1. The Balaban J connectivity index is 0.00000361. The van der Waals surface area contributed by atoms with E-state index >= 15 is 0 Å². The molecule has 1 aliphatic rings. The molecular weight excluding hydrogens is 461 g/mol. The molecule has 2 aromatic carbocycles. The molecule has 0 amide bonds. The molecule has 0 saturated carbocycles. The van der Waals surface area contributed by atoms with Crippen molar-refractivity contribution < 1.29 is 44.2 Å². The maximum atomic E-state index is 12.3. The number of para-hydroxylation sites is 1. The van der Waals surface area contributed by atoms with Gasteiger partial charge < -0.3 is 14.6 Å². The minimum atomic E-state index is -1.37. The van der Waals surface area contributed by atoms with Crippen LogP contribution in [0.4, 0.5) is 0 Å². The summed E-state index contributed by atoms with van der Waals surface area (Å²) < 4.78 is 5.71. The first-order valence-electron chi connectivity index (χ1n) is 12.1. The van der Waals surface area contributed by atoms with E-state index in [2.05, 4.69) is 35.0 Å². The Morgan fingerprint density at radius 3 is 2.53 bits per heavy atom. The van der Waals surface area contributed by atoms with E-state index in [1.165, 1.54) is 5.56 Å². The number of nitrogens with zero attached hydrogens (tertiary/aromatic N) is 3. The second-order valence-electron chi connectivity index (χ2n) is 8.97. The summed E-state index contributed by atoms with van der Waals surface area (Å²) in [6, 6.07) is 23.7. The van der Waals surface area contributed by atoms with Gasteiger partial charge in [0.15, 0.2) is 0 Å². The Labute approximate surface area is 235 Å². The summed E-state index contributed by atoms with van der Waals surface area (Å²) in [4.78, 5) is 19.1. The minimum Gasteiger partial charge on any atom is -0.543 e. The average Bonchev–Trinajstić information content (AvgIpc) is 2.89. The maximum absolute atomic E-state index is 12.3. The number of hydrogen-bond acceptors (Lipinski definition) is 6. The van der Waals surface area contributed by atoms with Gasteiger partial charge in [-0.1, -0.05) is 61.9 Å². The van der Waals surface area contributed by atoms with E-state index in [9.17, 15) is 15.2 Å². The van der Waals surface area contributed by atoms with Gasteiger partial charge >= 0.3 is 29.6 Å². The van der Waals surface area contributed by atoms with E-state index in [1.54, 1.807) is 12.1 Å². The molecule has 0 bridgehead atoms. The molecule has 0 radical (unpaired) electrons. The monoisotopic (exact) mass is 491 g/mol. The molecule has 0 unspecified atom stereocenters.